The number of nitrogens with zero attached hydrogens (tertiary/aromatic N) is 1. The van der Waals surface area contributed by atoms with Crippen LogP contribution in [0.3, 0.4) is 0 Å². The monoisotopic (exact) mass is 316 g/mol. The average molecular weight is 316 g/mol. The largest absolute Gasteiger partial charge is 0.371 e. The van der Waals surface area contributed by atoms with E-state index in [9.17, 15) is 13.2 Å². The van der Waals surface area contributed by atoms with Crippen LogP contribution in [-0.4, -0.2) is 69.1 Å². The summed E-state index contributed by atoms with van der Waals surface area (Å²) in [5.41, 5.74) is 0. The predicted molar refractivity (Wildman–Crippen MR) is 78.7 cm³/mol. The highest BCUT2D eigenvalue weighted by atomic mass is 32.2. The van der Waals surface area contributed by atoms with E-state index >= 15 is 0 Å². The van der Waals surface area contributed by atoms with Gasteiger partial charge in [-0.2, -0.15) is 0 Å². The summed E-state index contributed by atoms with van der Waals surface area (Å²) < 4.78 is 29.2. The van der Waals surface area contributed by atoms with Gasteiger partial charge in [-0.05, 0) is 44.7 Å². The summed E-state index contributed by atoms with van der Waals surface area (Å²) in [6.45, 7) is 2.56. The second-order valence-corrected chi connectivity index (χ2v) is 8.67. The Bertz CT molecular complexity index is 483. The highest BCUT2D eigenvalue weighted by Crippen LogP contribution is 2.28. The first kappa shape index (κ1) is 15.2. The highest BCUT2D eigenvalue weighted by molar-refractivity contribution is 7.91. The lowest BCUT2D eigenvalue weighted by Crippen LogP contribution is -2.51. The minimum atomic E-state index is -3.05. The van der Waals surface area contributed by atoms with Gasteiger partial charge in [0.15, 0.2) is 9.84 Å². The van der Waals surface area contributed by atoms with Crippen LogP contribution < -0.4 is 5.32 Å². The molecule has 3 rings (SSSR count). The van der Waals surface area contributed by atoms with Crippen LogP contribution in [0.4, 0.5) is 0 Å². The van der Waals surface area contributed by atoms with Crippen LogP contribution in [0.15, 0.2) is 0 Å². The molecular weight excluding hydrogens is 292 g/mol. The van der Waals surface area contributed by atoms with Crippen LogP contribution in [0.25, 0.3) is 0 Å². The molecule has 2 saturated heterocycles. The molecule has 21 heavy (non-hydrogen) atoms. The van der Waals surface area contributed by atoms with Gasteiger partial charge in [-0.25, -0.2) is 8.42 Å². The number of ether oxygens (including phenoxy) is 1. The molecule has 2 heterocycles. The minimum Gasteiger partial charge on any atom is -0.371 e. The third kappa shape index (κ3) is 4.17. The number of sulfone groups is 1. The standard InChI is InChI=1S/C14H24N2O4S/c17-14(8-20-7-11-3-4-11)15-12-9-21(18,19)10-13(12)16-5-1-2-6-16/h11-13H,1-10H2,(H,15,17)/t12-,13+/m0/s1. The van der Waals surface area contributed by atoms with E-state index in [-0.39, 0.29) is 36.1 Å². The maximum absolute atomic E-state index is 11.9. The molecule has 6 nitrogen and oxygen atoms in total. The predicted octanol–water partition coefficient (Wildman–Crippen LogP) is -0.209. The molecule has 2 aliphatic heterocycles. The Balaban J connectivity index is 1.52. The summed E-state index contributed by atoms with van der Waals surface area (Å²) in [7, 11) is -3.05. The smallest absolute Gasteiger partial charge is 0.246 e. The molecule has 0 bridgehead atoms. The third-order valence-corrected chi connectivity index (χ3v) is 6.28. The molecule has 1 N–H and O–H groups in total. The van der Waals surface area contributed by atoms with Crippen molar-refractivity contribution in [2.75, 3.05) is 37.8 Å². The Morgan fingerprint density at radius 3 is 2.57 bits per heavy atom. The molecule has 7 heteroatoms. The minimum absolute atomic E-state index is 0.0414. The molecule has 2 atom stereocenters. The van der Waals surface area contributed by atoms with Crippen molar-refractivity contribution in [3.8, 4) is 0 Å². The Kier molecular flexibility index (Phi) is 4.51. The Hall–Kier alpha value is -0.660. The molecule has 0 aromatic carbocycles. The van der Waals surface area contributed by atoms with Crippen LogP contribution in [0.1, 0.15) is 25.7 Å². The van der Waals surface area contributed by atoms with Crippen molar-refractivity contribution >= 4 is 15.7 Å². The van der Waals surface area contributed by atoms with Gasteiger partial charge in [0.05, 0.1) is 24.2 Å². The fourth-order valence-electron chi connectivity index (χ4n) is 3.25. The van der Waals surface area contributed by atoms with E-state index in [4.69, 9.17) is 4.74 Å². The second-order valence-electron chi connectivity index (χ2n) is 6.52. The van der Waals surface area contributed by atoms with Crippen molar-refractivity contribution in [1.82, 2.24) is 10.2 Å². The van der Waals surface area contributed by atoms with E-state index in [0.717, 1.165) is 25.9 Å². The van der Waals surface area contributed by atoms with E-state index < -0.39 is 9.84 Å². The van der Waals surface area contributed by atoms with Gasteiger partial charge in [0, 0.05) is 6.04 Å². The summed E-state index contributed by atoms with van der Waals surface area (Å²) in [5.74, 6) is 0.660. The highest BCUT2D eigenvalue weighted by Gasteiger charge is 2.42. The molecule has 1 amide bonds. The lowest BCUT2D eigenvalue weighted by molar-refractivity contribution is -0.126. The molecule has 1 aliphatic carbocycles. The van der Waals surface area contributed by atoms with E-state index in [1.165, 1.54) is 12.8 Å². The zero-order valence-electron chi connectivity index (χ0n) is 12.3. The number of carbonyl (C=O) groups excluding carboxylic acids is 1. The first-order valence-corrected chi connectivity index (χ1v) is 9.67. The van der Waals surface area contributed by atoms with Crippen molar-refractivity contribution in [3.63, 3.8) is 0 Å². The number of carbonyl (C=O) groups is 1. The maximum Gasteiger partial charge on any atom is 0.246 e. The molecule has 0 aromatic heterocycles. The van der Waals surface area contributed by atoms with Gasteiger partial charge in [-0.1, -0.05) is 0 Å². The van der Waals surface area contributed by atoms with Gasteiger partial charge in [0.1, 0.15) is 6.61 Å². The lowest BCUT2D eigenvalue weighted by Gasteiger charge is -2.28. The van der Waals surface area contributed by atoms with E-state index in [1.807, 2.05) is 0 Å². The molecular formula is C14H24N2O4S. The van der Waals surface area contributed by atoms with Gasteiger partial charge in [0.25, 0.3) is 0 Å². The fraction of sp³-hybridized carbons (Fsp3) is 0.929. The van der Waals surface area contributed by atoms with Gasteiger partial charge >= 0.3 is 0 Å². The lowest BCUT2D eigenvalue weighted by atomic mass is 10.1. The second kappa shape index (κ2) is 6.22. The maximum atomic E-state index is 11.9. The number of hydrogen-bond donors (Lipinski definition) is 1. The van der Waals surface area contributed by atoms with Crippen molar-refractivity contribution in [2.24, 2.45) is 5.92 Å². The molecule has 0 spiro atoms. The van der Waals surface area contributed by atoms with E-state index in [0.29, 0.717) is 12.5 Å². The van der Waals surface area contributed by atoms with E-state index in [2.05, 4.69) is 10.2 Å². The number of amides is 1. The quantitative estimate of drug-likeness (QED) is 0.734. The van der Waals surface area contributed by atoms with Crippen molar-refractivity contribution in [2.45, 2.75) is 37.8 Å². The Labute approximate surface area is 126 Å². The van der Waals surface area contributed by atoms with Crippen LogP contribution in [-0.2, 0) is 19.4 Å². The van der Waals surface area contributed by atoms with Crippen molar-refractivity contribution in [1.29, 1.82) is 0 Å². The van der Waals surface area contributed by atoms with Crippen LogP contribution in [0.2, 0.25) is 0 Å². The molecule has 120 valence electrons. The number of rotatable bonds is 6. The number of likely N-dealkylation sites (tertiary alicyclic amines) is 1. The van der Waals surface area contributed by atoms with Crippen molar-refractivity contribution < 1.29 is 17.9 Å². The summed E-state index contributed by atoms with van der Waals surface area (Å²) in [4.78, 5) is 14.1. The fourth-order valence-corrected chi connectivity index (χ4v) is 5.20. The van der Waals surface area contributed by atoms with Crippen molar-refractivity contribution in [3.05, 3.63) is 0 Å². The number of nitrogens with one attached hydrogen (secondary N) is 1. The van der Waals surface area contributed by atoms with Gasteiger partial charge in [0.2, 0.25) is 5.91 Å². The van der Waals surface area contributed by atoms with Crippen LogP contribution in [0, 0.1) is 5.92 Å². The molecule has 0 radical (unpaired) electrons. The average Bonchev–Trinajstić information content (AvgIpc) is 2.97. The van der Waals surface area contributed by atoms with Crippen LogP contribution in [0.5, 0.6) is 0 Å². The SMILES string of the molecule is O=C(COCC1CC1)N[C@H]1CS(=O)(=O)C[C@H]1N1CCCC1. The Morgan fingerprint density at radius 1 is 1.19 bits per heavy atom. The zero-order chi connectivity index (χ0) is 14.9. The molecule has 3 fully saturated rings. The summed E-state index contributed by atoms with van der Waals surface area (Å²) in [5, 5.41) is 2.87. The van der Waals surface area contributed by atoms with Gasteiger partial charge in [-0.3, -0.25) is 9.69 Å². The first-order chi connectivity index (χ1) is 10.0. The normalized spacial score (nSPS) is 32.4. The molecule has 1 saturated carbocycles. The topological polar surface area (TPSA) is 75.7 Å². The summed E-state index contributed by atoms with van der Waals surface area (Å²) >= 11 is 0. The Morgan fingerprint density at radius 2 is 1.90 bits per heavy atom. The number of hydrogen-bond acceptors (Lipinski definition) is 5. The molecule has 0 aromatic rings. The van der Waals surface area contributed by atoms with E-state index in [1.54, 1.807) is 0 Å². The van der Waals surface area contributed by atoms with Gasteiger partial charge < -0.3 is 10.1 Å². The molecule has 0 unspecified atom stereocenters. The summed E-state index contributed by atoms with van der Waals surface area (Å²) in [6.07, 6.45) is 4.61. The third-order valence-electron chi connectivity index (χ3n) is 4.56. The van der Waals surface area contributed by atoms with Gasteiger partial charge in [-0.15, -0.1) is 0 Å². The first-order valence-electron chi connectivity index (χ1n) is 7.85. The molecule has 3 aliphatic rings. The van der Waals surface area contributed by atoms with Crippen LogP contribution >= 0.6 is 0 Å². The summed E-state index contributed by atoms with van der Waals surface area (Å²) in [6, 6.07) is -0.352. The zero-order valence-corrected chi connectivity index (χ0v) is 13.1.